The first-order valence-corrected chi connectivity index (χ1v) is 3.78. The van der Waals surface area contributed by atoms with Crippen molar-refractivity contribution in [3.8, 4) is 0 Å². The predicted octanol–water partition coefficient (Wildman–Crippen LogP) is 3.02. The van der Waals surface area contributed by atoms with E-state index in [2.05, 4.69) is 0 Å². The molecule has 0 aromatic heterocycles. The fourth-order valence-electron chi connectivity index (χ4n) is 0.459. The van der Waals surface area contributed by atoms with E-state index in [9.17, 15) is 0 Å². The van der Waals surface area contributed by atoms with Crippen LogP contribution in [0.4, 0.5) is 0 Å². The largest absolute Gasteiger partial charge is 0.123 e. The van der Waals surface area contributed by atoms with Crippen molar-refractivity contribution >= 4 is 23.2 Å². The number of hydrogen-bond acceptors (Lipinski definition) is 0. The minimum atomic E-state index is 0.274. The van der Waals surface area contributed by atoms with Crippen LogP contribution in [0.15, 0.2) is 0 Å². The van der Waals surface area contributed by atoms with Crippen molar-refractivity contribution in [2.45, 2.75) is 37.4 Å². The van der Waals surface area contributed by atoms with Crippen LogP contribution >= 0.6 is 23.2 Å². The van der Waals surface area contributed by atoms with Gasteiger partial charge in [-0.1, -0.05) is 0 Å². The molecule has 0 radical (unpaired) electrons. The third kappa shape index (κ3) is 6.58. The third-order valence-corrected chi connectivity index (χ3v) is 1.40. The Morgan fingerprint density at radius 1 is 1.00 bits per heavy atom. The predicted molar refractivity (Wildman–Crippen MR) is 39.9 cm³/mol. The van der Waals surface area contributed by atoms with E-state index < -0.39 is 0 Å². The third-order valence-electron chi connectivity index (χ3n) is 0.962. The van der Waals surface area contributed by atoms with Gasteiger partial charge < -0.3 is 0 Å². The summed E-state index contributed by atoms with van der Waals surface area (Å²) in [5, 5.41) is 0.549. The minimum Gasteiger partial charge on any atom is -0.123 e. The van der Waals surface area contributed by atoms with E-state index in [0.717, 1.165) is 12.8 Å². The van der Waals surface area contributed by atoms with E-state index in [1.54, 1.807) is 0 Å². The lowest BCUT2D eigenvalue weighted by Crippen LogP contribution is -1.96. The molecule has 2 atom stereocenters. The summed E-state index contributed by atoms with van der Waals surface area (Å²) < 4.78 is 0. The molecule has 2 heteroatoms. The highest BCUT2D eigenvalue weighted by molar-refractivity contribution is 6.21. The fourth-order valence-corrected chi connectivity index (χ4v) is 0.711. The first kappa shape index (κ1) is 8.58. The molecule has 0 saturated heterocycles. The van der Waals surface area contributed by atoms with Gasteiger partial charge in [-0.05, 0) is 26.7 Å². The molecule has 0 aliphatic heterocycles. The van der Waals surface area contributed by atoms with Crippen molar-refractivity contribution in [1.29, 1.82) is 0 Å². The molecule has 0 aliphatic carbocycles. The molecule has 0 fully saturated rings. The molecule has 2 unspecified atom stereocenters. The molecule has 8 heavy (non-hydrogen) atoms. The standard InChI is InChI=1S/C6H12Cl2/c1-5(7)3-4-6(2)8/h5-6H,3-4H2,1-2H3. The molecule has 0 aliphatic rings. The highest BCUT2D eigenvalue weighted by Gasteiger charge is 1.99. The van der Waals surface area contributed by atoms with E-state index in [-0.39, 0.29) is 10.8 Å². The molecule has 0 aromatic carbocycles. The molecule has 0 spiro atoms. The van der Waals surface area contributed by atoms with Crippen LogP contribution < -0.4 is 0 Å². The number of rotatable bonds is 3. The van der Waals surface area contributed by atoms with Crippen LogP contribution in [0, 0.1) is 0 Å². The van der Waals surface area contributed by atoms with Gasteiger partial charge >= 0.3 is 0 Å². The van der Waals surface area contributed by atoms with Crippen molar-refractivity contribution in [1.82, 2.24) is 0 Å². The second-order valence-corrected chi connectivity index (χ2v) is 3.63. The van der Waals surface area contributed by atoms with E-state index in [4.69, 9.17) is 23.2 Å². The van der Waals surface area contributed by atoms with Crippen LogP contribution in [0.5, 0.6) is 0 Å². The lowest BCUT2D eigenvalue weighted by atomic mass is 10.2. The summed E-state index contributed by atoms with van der Waals surface area (Å²) in [5.41, 5.74) is 0. The highest BCUT2D eigenvalue weighted by atomic mass is 35.5. The van der Waals surface area contributed by atoms with E-state index in [1.807, 2.05) is 13.8 Å². The van der Waals surface area contributed by atoms with Gasteiger partial charge in [0.25, 0.3) is 0 Å². The van der Waals surface area contributed by atoms with Crippen LogP contribution in [0.25, 0.3) is 0 Å². The molecule has 0 aromatic rings. The van der Waals surface area contributed by atoms with Gasteiger partial charge in [0.1, 0.15) is 0 Å². The topological polar surface area (TPSA) is 0 Å². The number of hydrogen-bond donors (Lipinski definition) is 0. The van der Waals surface area contributed by atoms with Gasteiger partial charge in [-0.3, -0.25) is 0 Å². The van der Waals surface area contributed by atoms with Crippen LogP contribution in [0.1, 0.15) is 26.7 Å². The van der Waals surface area contributed by atoms with E-state index >= 15 is 0 Å². The smallest absolute Gasteiger partial charge is 0.0308 e. The van der Waals surface area contributed by atoms with Gasteiger partial charge in [0, 0.05) is 10.8 Å². The lowest BCUT2D eigenvalue weighted by molar-refractivity contribution is 0.714. The first-order valence-electron chi connectivity index (χ1n) is 2.91. The monoisotopic (exact) mass is 154 g/mol. The number of alkyl halides is 2. The van der Waals surface area contributed by atoms with Gasteiger partial charge in [0.05, 0.1) is 0 Å². The molecule has 0 rings (SSSR count). The summed E-state index contributed by atoms with van der Waals surface area (Å²) in [7, 11) is 0. The van der Waals surface area contributed by atoms with E-state index in [0.29, 0.717) is 0 Å². The van der Waals surface area contributed by atoms with Gasteiger partial charge in [-0.2, -0.15) is 0 Å². The second kappa shape index (κ2) is 4.46. The van der Waals surface area contributed by atoms with Crippen LogP contribution in [-0.4, -0.2) is 10.8 Å². The summed E-state index contributed by atoms with van der Waals surface area (Å²) in [5.74, 6) is 0. The Morgan fingerprint density at radius 2 is 1.25 bits per heavy atom. The van der Waals surface area contributed by atoms with Crippen molar-refractivity contribution in [2.24, 2.45) is 0 Å². The van der Waals surface area contributed by atoms with Crippen molar-refractivity contribution < 1.29 is 0 Å². The average Bonchev–Trinajstić information content (AvgIpc) is 1.61. The summed E-state index contributed by atoms with van der Waals surface area (Å²) in [4.78, 5) is 0. The Morgan fingerprint density at radius 3 is 1.38 bits per heavy atom. The SMILES string of the molecule is CC(Cl)CCC(C)Cl. The molecule has 0 heterocycles. The maximum atomic E-state index is 5.66. The molecule has 0 N–H and O–H groups in total. The quantitative estimate of drug-likeness (QED) is 0.549. The van der Waals surface area contributed by atoms with Crippen LogP contribution in [0.2, 0.25) is 0 Å². The minimum absolute atomic E-state index is 0.274. The molecular formula is C6H12Cl2. The number of halogens is 2. The molecule has 0 amide bonds. The van der Waals surface area contributed by atoms with Gasteiger partial charge in [0.15, 0.2) is 0 Å². The van der Waals surface area contributed by atoms with Gasteiger partial charge in [-0.15, -0.1) is 23.2 Å². The zero-order valence-corrected chi connectivity index (χ0v) is 6.84. The average molecular weight is 155 g/mol. The van der Waals surface area contributed by atoms with Gasteiger partial charge in [-0.25, -0.2) is 0 Å². The normalized spacial score (nSPS) is 18.0. The Balaban J connectivity index is 2.93. The second-order valence-electron chi connectivity index (χ2n) is 2.14. The molecule has 0 bridgehead atoms. The molecule has 50 valence electrons. The summed E-state index contributed by atoms with van der Waals surface area (Å²) in [6, 6.07) is 0. The van der Waals surface area contributed by atoms with Crippen LogP contribution in [-0.2, 0) is 0 Å². The van der Waals surface area contributed by atoms with Crippen LogP contribution in [0.3, 0.4) is 0 Å². The Bertz CT molecular complexity index is 42.5. The Hall–Kier alpha value is 0.580. The Labute approximate surface area is 61.2 Å². The zero-order valence-electron chi connectivity index (χ0n) is 5.32. The van der Waals surface area contributed by atoms with Crippen molar-refractivity contribution in [2.75, 3.05) is 0 Å². The fraction of sp³-hybridized carbons (Fsp3) is 1.00. The first-order chi connectivity index (χ1) is 3.63. The lowest BCUT2D eigenvalue weighted by Gasteiger charge is -2.02. The Kier molecular flexibility index (Phi) is 4.78. The maximum Gasteiger partial charge on any atom is 0.0308 e. The molecule has 0 saturated carbocycles. The highest BCUT2D eigenvalue weighted by Crippen LogP contribution is 2.09. The van der Waals surface area contributed by atoms with Crippen molar-refractivity contribution in [3.63, 3.8) is 0 Å². The summed E-state index contributed by atoms with van der Waals surface area (Å²) in [6.45, 7) is 3.97. The summed E-state index contributed by atoms with van der Waals surface area (Å²) in [6.07, 6.45) is 2.04. The zero-order chi connectivity index (χ0) is 6.57. The molecular weight excluding hydrogens is 143 g/mol. The maximum absolute atomic E-state index is 5.66. The van der Waals surface area contributed by atoms with Gasteiger partial charge in [0.2, 0.25) is 0 Å². The molecule has 0 nitrogen and oxygen atoms in total. The summed E-state index contributed by atoms with van der Waals surface area (Å²) >= 11 is 11.3. The van der Waals surface area contributed by atoms with Crippen molar-refractivity contribution in [3.05, 3.63) is 0 Å². The van der Waals surface area contributed by atoms with E-state index in [1.165, 1.54) is 0 Å².